The minimum atomic E-state index is -1.19. The zero-order valence-corrected chi connectivity index (χ0v) is 44.3. The standard InChI is InChI=1S/C60H77N9O6/c1-5-9-12-46-15-21-49(22-16-46)62-65-52-27-33-55(34-28-52)73-43-58(70)61-39-40-68(8-4)41-42-69(59(71)44-74-56-35-29-53(30-36-56)66-63-50-23-17-47(18-24-50)13-10-6-2)60(72)45-75-57-37-31-54(32-38-57)67-64-51-25-19-48(20-26-51)14-11-7-3/h15-38,58-61,70-72H,5-14,39-45H2,1-4H3. The van der Waals surface area contributed by atoms with Gasteiger partial charge in [-0.15, -0.1) is 0 Å². The Morgan fingerprint density at radius 3 is 1.01 bits per heavy atom. The number of hydrogen-bond acceptors (Lipinski definition) is 15. The van der Waals surface area contributed by atoms with E-state index in [1.54, 1.807) is 65.6 Å². The molecule has 0 aromatic heterocycles. The first kappa shape index (κ1) is 57.6. The van der Waals surface area contributed by atoms with Crippen LogP contribution in [0.2, 0.25) is 0 Å². The van der Waals surface area contributed by atoms with Gasteiger partial charge in [-0.1, -0.05) is 83.4 Å². The molecular formula is C60H77N9O6. The van der Waals surface area contributed by atoms with Crippen LogP contribution < -0.4 is 19.5 Å². The van der Waals surface area contributed by atoms with Gasteiger partial charge in [0, 0.05) is 26.2 Å². The molecular weight excluding hydrogens is 943 g/mol. The Morgan fingerprint density at radius 1 is 0.400 bits per heavy atom. The second-order valence-electron chi connectivity index (χ2n) is 18.4. The smallest absolute Gasteiger partial charge is 0.143 e. The minimum Gasteiger partial charge on any atom is -0.489 e. The van der Waals surface area contributed by atoms with Gasteiger partial charge in [0.15, 0.2) is 0 Å². The summed E-state index contributed by atoms with van der Waals surface area (Å²) in [7, 11) is 0. The number of hydrogen-bond donors (Lipinski definition) is 4. The minimum absolute atomic E-state index is 0.0461. The van der Waals surface area contributed by atoms with E-state index in [-0.39, 0.29) is 26.4 Å². The van der Waals surface area contributed by atoms with Crippen LogP contribution in [0.1, 0.15) is 82.9 Å². The van der Waals surface area contributed by atoms with Crippen molar-refractivity contribution < 1.29 is 29.5 Å². The highest BCUT2D eigenvalue weighted by atomic mass is 16.5. The molecule has 0 amide bonds. The van der Waals surface area contributed by atoms with E-state index >= 15 is 0 Å². The van der Waals surface area contributed by atoms with Gasteiger partial charge in [0.2, 0.25) is 0 Å². The van der Waals surface area contributed by atoms with Gasteiger partial charge in [-0.2, -0.15) is 30.7 Å². The molecule has 0 aliphatic rings. The third kappa shape index (κ3) is 21.2. The molecule has 0 aliphatic heterocycles. The predicted octanol–water partition coefficient (Wildman–Crippen LogP) is 13.7. The number of rotatable bonds is 34. The van der Waals surface area contributed by atoms with Crippen LogP contribution in [-0.4, -0.2) is 96.3 Å². The summed E-state index contributed by atoms with van der Waals surface area (Å²) in [5.74, 6) is 1.66. The Hall–Kier alpha value is -6.72. The van der Waals surface area contributed by atoms with Gasteiger partial charge in [0.1, 0.15) is 55.8 Å². The van der Waals surface area contributed by atoms with Crippen molar-refractivity contribution in [3.05, 3.63) is 162 Å². The highest BCUT2D eigenvalue weighted by Gasteiger charge is 2.25. The number of unbranched alkanes of at least 4 members (excludes halogenated alkanes) is 3. The van der Waals surface area contributed by atoms with E-state index in [1.807, 2.05) is 55.5 Å². The zero-order valence-electron chi connectivity index (χ0n) is 44.3. The fraction of sp³-hybridized carbons (Fsp3) is 0.400. The van der Waals surface area contributed by atoms with Crippen LogP contribution in [-0.2, 0) is 19.3 Å². The first-order chi connectivity index (χ1) is 36.7. The molecule has 6 aromatic rings. The molecule has 0 fully saturated rings. The Morgan fingerprint density at radius 2 is 0.707 bits per heavy atom. The largest absolute Gasteiger partial charge is 0.489 e. The van der Waals surface area contributed by atoms with Crippen molar-refractivity contribution in [3.63, 3.8) is 0 Å². The normalized spacial score (nSPS) is 13.1. The van der Waals surface area contributed by atoms with Gasteiger partial charge in [0.25, 0.3) is 0 Å². The fourth-order valence-corrected chi connectivity index (χ4v) is 7.84. The number of nitrogens with zero attached hydrogens (tertiary/aromatic N) is 8. The molecule has 0 saturated heterocycles. The van der Waals surface area contributed by atoms with E-state index < -0.39 is 18.7 Å². The van der Waals surface area contributed by atoms with E-state index in [0.717, 1.165) is 62.0 Å². The van der Waals surface area contributed by atoms with Gasteiger partial charge in [-0.05, 0) is 171 Å². The lowest BCUT2D eigenvalue weighted by Crippen LogP contribution is -2.51. The van der Waals surface area contributed by atoms with Crippen molar-refractivity contribution in [1.29, 1.82) is 0 Å². The summed E-state index contributed by atoms with van der Waals surface area (Å²) in [6.07, 6.45) is 6.84. The lowest BCUT2D eigenvalue weighted by atomic mass is 10.1. The number of aryl methyl sites for hydroxylation is 3. The van der Waals surface area contributed by atoms with E-state index in [9.17, 15) is 15.3 Å². The molecule has 0 bridgehead atoms. The molecule has 0 aliphatic carbocycles. The average Bonchev–Trinajstić information content (AvgIpc) is 3.45. The summed E-state index contributed by atoms with van der Waals surface area (Å²) in [5.41, 5.74) is 8.24. The van der Waals surface area contributed by atoms with Gasteiger partial charge in [-0.25, -0.2) is 4.90 Å². The second kappa shape index (κ2) is 32.6. The Labute approximate surface area is 444 Å². The zero-order chi connectivity index (χ0) is 52.9. The Kier molecular flexibility index (Phi) is 25.0. The summed E-state index contributed by atoms with van der Waals surface area (Å²) >= 11 is 0. The molecule has 3 atom stereocenters. The average molecular weight is 1020 g/mol. The van der Waals surface area contributed by atoms with Crippen molar-refractivity contribution >= 4 is 34.1 Å². The monoisotopic (exact) mass is 1020 g/mol. The number of nitrogens with one attached hydrogen (secondary N) is 1. The molecule has 0 saturated carbocycles. The second-order valence-corrected chi connectivity index (χ2v) is 18.4. The molecule has 0 spiro atoms. The quantitative estimate of drug-likeness (QED) is 0.0226. The molecule has 6 aromatic carbocycles. The van der Waals surface area contributed by atoms with Crippen LogP contribution in [0.25, 0.3) is 0 Å². The van der Waals surface area contributed by atoms with Crippen LogP contribution in [0.3, 0.4) is 0 Å². The summed E-state index contributed by atoms with van der Waals surface area (Å²) in [4.78, 5) is 3.72. The van der Waals surface area contributed by atoms with Crippen molar-refractivity contribution in [3.8, 4) is 17.2 Å². The number of likely N-dealkylation sites (N-methyl/N-ethyl adjacent to an activating group) is 1. The van der Waals surface area contributed by atoms with E-state index in [2.05, 4.69) is 98.1 Å². The van der Waals surface area contributed by atoms with Gasteiger partial charge < -0.3 is 34.4 Å². The van der Waals surface area contributed by atoms with E-state index in [4.69, 9.17) is 14.2 Å². The maximum absolute atomic E-state index is 11.6. The Bertz CT molecular complexity index is 2470. The molecule has 15 heteroatoms. The Balaban J connectivity index is 0.986. The SMILES string of the molecule is CCCCc1ccc(N=Nc2ccc(OCC(O)NCCN(CC)CCN(C(O)COc3ccc(N=Nc4ccc(CCCC)cc4)cc3)C(O)COc3ccc(N=Nc4ccc(CCCC)cc4)cc3)cc2)cc1. The van der Waals surface area contributed by atoms with Crippen LogP contribution >= 0.6 is 0 Å². The first-order valence-corrected chi connectivity index (χ1v) is 26.7. The van der Waals surface area contributed by atoms with Crippen LogP contribution in [0.5, 0.6) is 17.2 Å². The first-order valence-electron chi connectivity index (χ1n) is 26.7. The molecule has 6 rings (SSSR count). The third-order valence-electron chi connectivity index (χ3n) is 12.5. The molecule has 0 heterocycles. The van der Waals surface area contributed by atoms with Gasteiger partial charge in [0.05, 0.1) is 34.1 Å². The molecule has 4 N–H and O–H groups in total. The fourth-order valence-electron chi connectivity index (χ4n) is 7.84. The van der Waals surface area contributed by atoms with Gasteiger partial charge in [-0.3, -0.25) is 5.32 Å². The molecule has 398 valence electrons. The topological polar surface area (TPSA) is 181 Å². The number of aliphatic hydroxyl groups is 3. The highest BCUT2D eigenvalue weighted by molar-refractivity contribution is 5.46. The van der Waals surface area contributed by atoms with E-state index in [1.165, 1.54) is 29.5 Å². The molecule has 15 nitrogen and oxygen atoms in total. The van der Waals surface area contributed by atoms with Crippen LogP contribution in [0.15, 0.2) is 176 Å². The number of benzene rings is 6. The number of aliphatic hydroxyl groups excluding tert-OH is 3. The highest BCUT2D eigenvalue weighted by Crippen LogP contribution is 2.26. The maximum atomic E-state index is 11.6. The van der Waals surface area contributed by atoms with Crippen molar-refractivity contribution in [2.45, 2.75) is 104 Å². The third-order valence-corrected chi connectivity index (χ3v) is 12.5. The summed E-state index contributed by atoms with van der Waals surface area (Å²) in [6, 6.07) is 46.0. The molecule has 75 heavy (non-hydrogen) atoms. The number of ether oxygens (including phenoxy) is 3. The van der Waals surface area contributed by atoms with Gasteiger partial charge >= 0.3 is 0 Å². The lowest BCUT2D eigenvalue weighted by molar-refractivity contribution is -0.129. The molecule has 3 unspecified atom stereocenters. The van der Waals surface area contributed by atoms with Crippen LogP contribution in [0, 0.1) is 0 Å². The lowest BCUT2D eigenvalue weighted by Gasteiger charge is -2.34. The summed E-state index contributed by atoms with van der Waals surface area (Å²) < 4.78 is 17.9. The maximum Gasteiger partial charge on any atom is 0.143 e. The molecule has 0 radical (unpaired) electrons. The van der Waals surface area contributed by atoms with Crippen molar-refractivity contribution in [2.24, 2.45) is 30.7 Å². The summed E-state index contributed by atoms with van der Waals surface area (Å²) in [5, 5.41) is 63.2. The van der Waals surface area contributed by atoms with Crippen LogP contribution in [0.4, 0.5) is 34.1 Å². The predicted molar refractivity (Wildman–Crippen MR) is 298 cm³/mol. The van der Waals surface area contributed by atoms with Crippen molar-refractivity contribution in [2.75, 3.05) is 52.5 Å². The van der Waals surface area contributed by atoms with E-state index in [0.29, 0.717) is 60.5 Å². The van der Waals surface area contributed by atoms with Crippen molar-refractivity contribution in [1.82, 2.24) is 15.1 Å². The summed E-state index contributed by atoms with van der Waals surface area (Å²) in [6.45, 7) is 10.9. The number of azo groups is 3.